The van der Waals surface area contributed by atoms with Crippen molar-refractivity contribution in [1.29, 1.82) is 0 Å². The van der Waals surface area contributed by atoms with Gasteiger partial charge in [-0.15, -0.1) is 11.6 Å². The van der Waals surface area contributed by atoms with Gasteiger partial charge in [-0.25, -0.2) is 9.97 Å². The Bertz CT molecular complexity index is 304. The maximum absolute atomic E-state index is 5.77. The van der Waals surface area contributed by atoms with Crippen LogP contribution in [0, 0.1) is 3.57 Å². The zero-order chi connectivity index (χ0) is 11.3. The smallest absolute Gasteiger partial charge is 0.223 e. The number of hydrogen-bond acceptors (Lipinski definition) is 3. The number of hydrogen-bond donors (Lipinski definition) is 1. The van der Waals surface area contributed by atoms with Crippen molar-refractivity contribution in [2.24, 2.45) is 0 Å². The van der Waals surface area contributed by atoms with E-state index in [1.54, 1.807) is 12.4 Å². The van der Waals surface area contributed by atoms with E-state index in [2.05, 4.69) is 51.7 Å². The van der Waals surface area contributed by atoms with E-state index in [0.29, 0.717) is 11.8 Å². The van der Waals surface area contributed by atoms with E-state index < -0.39 is 0 Å². The molecule has 0 bridgehead atoms. The van der Waals surface area contributed by atoms with E-state index in [1.807, 2.05) is 0 Å². The molecule has 15 heavy (non-hydrogen) atoms. The second-order valence-corrected chi connectivity index (χ2v) is 5.33. The zero-order valence-electron chi connectivity index (χ0n) is 8.93. The Balaban J connectivity index is 2.70. The monoisotopic (exact) mass is 339 g/mol. The lowest BCUT2D eigenvalue weighted by atomic mass is 9.96. The fourth-order valence-corrected chi connectivity index (χ4v) is 1.88. The highest BCUT2D eigenvalue weighted by Crippen LogP contribution is 2.20. The van der Waals surface area contributed by atoms with Crippen molar-refractivity contribution in [3.63, 3.8) is 0 Å². The van der Waals surface area contributed by atoms with E-state index in [4.69, 9.17) is 11.6 Å². The molecule has 0 radical (unpaired) electrons. The summed E-state index contributed by atoms with van der Waals surface area (Å²) in [6.07, 6.45) is 5.49. The first-order chi connectivity index (χ1) is 7.09. The average molecular weight is 340 g/mol. The summed E-state index contributed by atoms with van der Waals surface area (Å²) in [7, 11) is 0. The minimum Gasteiger partial charge on any atom is -0.349 e. The van der Waals surface area contributed by atoms with E-state index in [0.717, 1.165) is 16.4 Å². The number of anilines is 1. The van der Waals surface area contributed by atoms with Crippen LogP contribution in [0.25, 0.3) is 0 Å². The first kappa shape index (κ1) is 13.0. The quantitative estimate of drug-likeness (QED) is 0.661. The molecule has 84 valence electrons. The molecule has 1 rings (SSSR count). The largest absolute Gasteiger partial charge is 0.349 e. The van der Waals surface area contributed by atoms with Crippen molar-refractivity contribution in [3.8, 4) is 0 Å². The van der Waals surface area contributed by atoms with Crippen LogP contribution in [0.1, 0.15) is 26.7 Å². The number of aromatic nitrogens is 2. The van der Waals surface area contributed by atoms with Crippen LogP contribution >= 0.6 is 34.2 Å². The van der Waals surface area contributed by atoms with Gasteiger partial charge in [0.25, 0.3) is 0 Å². The molecule has 0 saturated carbocycles. The normalized spacial score (nSPS) is 14.7. The van der Waals surface area contributed by atoms with Crippen molar-refractivity contribution in [2.45, 2.75) is 32.2 Å². The van der Waals surface area contributed by atoms with Crippen LogP contribution in [0.15, 0.2) is 12.4 Å². The number of nitrogens with one attached hydrogen (secondary N) is 1. The molecular weight excluding hydrogens is 324 g/mol. The van der Waals surface area contributed by atoms with Crippen LogP contribution in [-0.2, 0) is 0 Å². The zero-order valence-corrected chi connectivity index (χ0v) is 11.8. The lowest BCUT2D eigenvalue weighted by molar-refractivity contribution is 0.477. The molecule has 0 amide bonds. The highest BCUT2D eigenvalue weighted by Gasteiger charge is 2.21. The van der Waals surface area contributed by atoms with Crippen molar-refractivity contribution in [2.75, 3.05) is 11.2 Å². The summed E-state index contributed by atoms with van der Waals surface area (Å²) in [5.41, 5.74) is -0.0193. The molecule has 1 aromatic heterocycles. The van der Waals surface area contributed by atoms with Gasteiger partial charge in [0, 0.05) is 27.4 Å². The van der Waals surface area contributed by atoms with Gasteiger partial charge in [0.2, 0.25) is 5.95 Å². The summed E-state index contributed by atoms with van der Waals surface area (Å²) in [4.78, 5) is 8.44. The van der Waals surface area contributed by atoms with Crippen LogP contribution in [0.3, 0.4) is 0 Å². The molecular formula is C10H15ClIN3. The van der Waals surface area contributed by atoms with Crippen molar-refractivity contribution in [1.82, 2.24) is 9.97 Å². The topological polar surface area (TPSA) is 37.8 Å². The molecule has 1 aromatic rings. The predicted molar refractivity (Wildman–Crippen MR) is 72.4 cm³/mol. The summed E-state index contributed by atoms with van der Waals surface area (Å²) >= 11 is 7.96. The molecule has 0 fully saturated rings. The maximum Gasteiger partial charge on any atom is 0.223 e. The summed E-state index contributed by atoms with van der Waals surface area (Å²) in [6, 6.07) is 0. The summed E-state index contributed by atoms with van der Waals surface area (Å²) in [6.45, 7) is 4.27. The van der Waals surface area contributed by atoms with Gasteiger partial charge in [0.05, 0.1) is 0 Å². The van der Waals surface area contributed by atoms with Gasteiger partial charge >= 0.3 is 0 Å². The predicted octanol–water partition coefficient (Wildman–Crippen LogP) is 3.29. The highest BCUT2D eigenvalue weighted by atomic mass is 127. The van der Waals surface area contributed by atoms with E-state index in [1.165, 1.54) is 0 Å². The van der Waals surface area contributed by atoms with Crippen LogP contribution in [0.2, 0.25) is 0 Å². The summed E-state index contributed by atoms with van der Waals surface area (Å²) in [5, 5.41) is 3.32. The van der Waals surface area contributed by atoms with Gasteiger partial charge in [-0.1, -0.05) is 6.92 Å². The Morgan fingerprint density at radius 1 is 1.47 bits per heavy atom. The maximum atomic E-state index is 5.77. The average Bonchev–Trinajstić information content (AvgIpc) is 2.22. The molecule has 0 aliphatic heterocycles. The van der Waals surface area contributed by atoms with Crippen LogP contribution in [-0.4, -0.2) is 21.4 Å². The number of halogens is 2. The molecule has 1 unspecified atom stereocenters. The molecule has 1 heterocycles. The minimum absolute atomic E-state index is 0.0193. The van der Waals surface area contributed by atoms with E-state index in [-0.39, 0.29) is 5.54 Å². The van der Waals surface area contributed by atoms with Gasteiger partial charge in [-0.3, -0.25) is 0 Å². The second kappa shape index (κ2) is 5.84. The van der Waals surface area contributed by atoms with E-state index >= 15 is 0 Å². The Labute approximate surface area is 109 Å². The molecule has 0 saturated heterocycles. The fraction of sp³-hybridized carbons (Fsp3) is 0.600. The molecule has 0 aliphatic carbocycles. The number of alkyl halides is 1. The molecule has 3 nitrogen and oxygen atoms in total. The molecule has 0 spiro atoms. The van der Waals surface area contributed by atoms with Gasteiger partial charge in [0.1, 0.15) is 0 Å². The standard InChI is InChI=1S/C10H15ClIN3/c1-3-10(2,4-5-11)15-9-13-6-8(12)7-14-9/h6-7H,3-5H2,1-2H3,(H,13,14,15). The minimum atomic E-state index is -0.0193. The van der Waals surface area contributed by atoms with Gasteiger partial charge in [0.15, 0.2) is 0 Å². The van der Waals surface area contributed by atoms with Crippen LogP contribution in [0.5, 0.6) is 0 Å². The fourth-order valence-electron chi connectivity index (χ4n) is 1.18. The van der Waals surface area contributed by atoms with Gasteiger partial charge < -0.3 is 5.32 Å². The third kappa shape index (κ3) is 4.10. The molecule has 0 aliphatic rings. The van der Waals surface area contributed by atoms with Crippen molar-refractivity contribution >= 4 is 40.1 Å². The third-order valence-corrected chi connectivity index (χ3v) is 3.21. The summed E-state index contributed by atoms with van der Waals surface area (Å²) in [5.74, 6) is 1.31. The molecule has 0 aromatic carbocycles. The summed E-state index contributed by atoms with van der Waals surface area (Å²) < 4.78 is 1.04. The Hall–Kier alpha value is -0.100. The Kier molecular flexibility index (Phi) is 5.05. The highest BCUT2D eigenvalue weighted by molar-refractivity contribution is 14.1. The molecule has 1 atom stereocenters. The Morgan fingerprint density at radius 3 is 2.53 bits per heavy atom. The van der Waals surface area contributed by atoms with E-state index in [9.17, 15) is 0 Å². The molecule has 5 heteroatoms. The third-order valence-electron chi connectivity index (χ3n) is 2.46. The van der Waals surface area contributed by atoms with Crippen molar-refractivity contribution < 1.29 is 0 Å². The van der Waals surface area contributed by atoms with Crippen molar-refractivity contribution in [3.05, 3.63) is 16.0 Å². The van der Waals surface area contributed by atoms with Gasteiger partial charge in [-0.2, -0.15) is 0 Å². The first-order valence-electron chi connectivity index (χ1n) is 4.91. The van der Waals surface area contributed by atoms with Crippen LogP contribution in [0.4, 0.5) is 5.95 Å². The lowest BCUT2D eigenvalue weighted by Gasteiger charge is -2.28. The number of nitrogens with zero attached hydrogens (tertiary/aromatic N) is 2. The van der Waals surface area contributed by atoms with Gasteiger partial charge in [-0.05, 0) is 42.4 Å². The SMILES string of the molecule is CCC(C)(CCCl)Nc1ncc(I)cn1. The first-order valence-corrected chi connectivity index (χ1v) is 6.52. The molecule has 1 N–H and O–H groups in total. The number of rotatable bonds is 5. The second-order valence-electron chi connectivity index (χ2n) is 3.70. The Morgan fingerprint density at radius 2 is 2.07 bits per heavy atom. The lowest BCUT2D eigenvalue weighted by Crippen LogP contribution is -2.35. The van der Waals surface area contributed by atoms with Crippen LogP contribution < -0.4 is 5.32 Å².